The van der Waals surface area contributed by atoms with E-state index in [0.29, 0.717) is 11.3 Å². The largest absolute Gasteiger partial charge is 0.478 e. The van der Waals surface area contributed by atoms with Crippen LogP contribution in [0.2, 0.25) is 0 Å². The smallest absolute Gasteiger partial charge is 0.328 e. The fraction of sp³-hybridized carbons (Fsp3) is 0.0476. The van der Waals surface area contributed by atoms with E-state index in [1.165, 1.54) is 11.3 Å². The Balaban J connectivity index is 2.23. The molecule has 1 heterocycles. The van der Waals surface area contributed by atoms with Crippen molar-refractivity contribution in [2.75, 3.05) is 5.73 Å². The van der Waals surface area contributed by atoms with Crippen LogP contribution in [0, 0.1) is 18.3 Å². The van der Waals surface area contributed by atoms with Gasteiger partial charge in [0.1, 0.15) is 0 Å². The minimum Gasteiger partial charge on any atom is -0.478 e. The number of nitrogens with zero attached hydrogens (tertiary/aromatic N) is 1. The van der Waals surface area contributed by atoms with Gasteiger partial charge in [-0.3, -0.25) is 0 Å². The Kier molecular flexibility index (Phi) is 4.87. The van der Waals surface area contributed by atoms with Gasteiger partial charge in [0, 0.05) is 27.8 Å². The minimum absolute atomic E-state index is 0.596. The predicted molar refractivity (Wildman–Crippen MR) is 106 cm³/mol. The number of carboxylic acid groups (broad SMARTS) is 1. The van der Waals surface area contributed by atoms with Crippen molar-refractivity contribution in [2.24, 2.45) is 0 Å². The molecule has 1 aromatic heterocycles. The van der Waals surface area contributed by atoms with Crippen LogP contribution < -0.4 is 5.73 Å². The predicted octanol–water partition coefficient (Wildman–Crippen LogP) is 4.94. The first-order valence-electron chi connectivity index (χ1n) is 7.89. The number of nitriles is 1. The van der Waals surface area contributed by atoms with Gasteiger partial charge in [-0.2, -0.15) is 5.26 Å². The number of benzene rings is 2. The summed E-state index contributed by atoms with van der Waals surface area (Å²) in [5.41, 5.74) is 12.0. The molecule has 26 heavy (non-hydrogen) atoms. The summed E-state index contributed by atoms with van der Waals surface area (Å²) in [6, 6.07) is 15.3. The number of rotatable bonds is 4. The molecule has 4 nitrogen and oxygen atoms in total. The number of anilines is 1. The van der Waals surface area contributed by atoms with Crippen LogP contribution in [-0.2, 0) is 4.79 Å². The summed E-state index contributed by atoms with van der Waals surface area (Å²) >= 11 is 1.48. The number of carboxylic acids is 1. The van der Waals surface area contributed by atoms with E-state index in [9.17, 15) is 4.79 Å². The van der Waals surface area contributed by atoms with Gasteiger partial charge in [-0.05, 0) is 59.3 Å². The van der Waals surface area contributed by atoms with Gasteiger partial charge in [-0.25, -0.2) is 4.79 Å². The molecule has 0 aliphatic rings. The van der Waals surface area contributed by atoms with Crippen molar-refractivity contribution < 1.29 is 9.90 Å². The van der Waals surface area contributed by atoms with Gasteiger partial charge in [0.15, 0.2) is 0 Å². The first-order chi connectivity index (χ1) is 12.5. The van der Waals surface area contributed by atoms with E-state index < -0.39 is 5.97 Å². The number of aliphatic carboxylic acids is 1. The molecule has 0 radical (unpaired) electrons. The fourth-order valence-corrected chi connectivity index (χ4v) is 3.79. The quantitative estimate of drug-likeness (QED) is 0.509. The van der Waals surface area contributed by atoms with Crippen LogP contribution in [0.1, 0.15) is 16.0 Å². The normalized spacial score (nSPS) is 10.8. The van der Waals surface area contributed by atoms with Crippen molar-refractivity contribution in [1.82, 2.24) is 0 Å². The van der Waals surface area contributed by atoms with Crippen molar-refractivity contribution in [3.63, 3.8) is 0 Å². The van der Waals surface area contributed by atoms with Crippen LogP contribution in [0.3, 0.4) is 0 Å². The van der Waals surface area contributed by atoms with E-state index in [2.05, 4.69) is 6.07 Å². The van der Waals surface area contributed by atoms with Crippen molar-refractivity contribution in [3.8, 4) is 28.3 Å². The highest BCUT2D eigenvalue weighted by atomic mass is 32.1. The van der Waals surface area contributed by atoms with Crippen molar-refractivity contribution in [1.29, 1.82) is 5.26 Å². The molecule has 0 fully saturated rings. The molecule has 0 saturated carbocycles. The molecular weight excluding hydrogens is 344 g/mol. The number of aryl methyl sites for hydroxylation is 1. The Hall–Kier alpha value is -3.36. The van der Waals surface area contributed by atoms with E-state index in [1.54, 1.807) is 12.1 Å². The molecule has 0 saturated heterocycles. The van der Waals surface area contributed by atoms with Gasteiger partial charge in [-0.1, -0.05) is 18.2 Å². The molecule has 3 N–H and O–H groups in total. The maximum atomic E-state index is 11.0. The van der Waals surface area contributed by atoms with Crippen LogP contribution in [0.25, 0.3) is 28.3 Å². The molecule has 0 spiro atoms. The average Bonchev–Trinajstić information content (AvgIpc) is 3.04. The summed E-state index contributed by atoms with van der Waals surface area (Å²) in [4.78, 5) is 11.8. The molecule has 0 bridgehead atoms. The highest BCUT2D eigenvalue weighted by Gasteiger charge is 2.16. The number of hydrogen-bond donors (Lipinski definition) is 2. The molecule has 0 aliphatic heterocycles. The molecule has 2 aromatic carbocycles. The number of hydrogen-bond acceptors (Lipinski definition) is 4. The second kappa shape index (κ2) is 7.26. The Morgan fingerprint density at radius 2 is 1.92 bits per heavy atom. The molecule has 3 aromatic rings. The van der Waals surface area contributed by atoms with Crippen molar-refractivity contribution >= 4 is 29.1 Å². The third-order valence-corrected chi connectivity index (χ3v) is 4.99. The van der Waals surface area contributed by atoms with Crippen LogP contribution in [-0.4, -0.2) is 11.1 Å². The molecule has 0 atom stereocenters. The Morgan fingerprint density at radius 3 is 2.54 bits per heavy atom. The third-order valence-electron chi connectivity index (χ3n) is 4.04. The summed E-state index contributed by atoms with van der Waals surface area (Å²) in [5, 5.41) is 20.1. The van der Waals surface area contributed by atoms with Gasteiger partial charge in [0.05, 0.1) is 11.6 Å². The topological polar surface area (TPSA) is 87.1 Å². The van der Waals surface area contributed by atoms with E-state index in [-0.39, 0.29) is 0 Å². The Labute approximate surface area is 155 Å². The van der Waals surface area contributed by atoms with Gasteiger partial charge in [0.25, 0.3) is 0 Å². The highest BCUT2D eigenvalue weighted by Crippen LogP contribution is 2.41. The van der Waals surface area contributed by atoms with E-state index in [0.717, 1.165) is 38.8 Å². The number of carbonyl (C=O) groups is 1. The summed E-state index contributed by atoms with van der Waals surface area (Å²) in [6.45, 7) is 1.95. The van der Waals surface area contributed by atoms with Crippen LogP contribution in [0.4, 0.5) is 5.69 Å². The number of nitrogen functional groups attached to an aromatic ring is 1. The molecule has 0 unspecified atom stereocenters. The lowest BCUT2D eigenvalue weighted by molar-refractivity contribution is -0.131. The first kappa shape index (κ1) is 17.5. The standard InChI is InChI=1S/C21H16N2O2S/c1-13-10-14(11-22)2-7-17(13)21-18(15-3-5-16(23)6-4-15)12-26-19(21)8-9-20(24)25/h2-10,12H,23H2,1H3,(H,24,25). The van der Waals surface area contributed by atoms with Gasteiger partial charge >= 0.3 is 5.97 Å². The van der Waals surface area contributed by atoms with E-state index >= 15 is 0 Å². The zero-order valence-electron chi connectivity index (χ0n) is 14.1. The van der Waals surface area contributed by atoms with Crippen LogP contribution in [0.5, 0.6) is 0 Å². The summed E-state index contributed by atoms with van der Waals surface area (Å²) < 4.78 is 0. The molecule has 128 valence electrons. The third kappa shape index (κ3) is 3.51. The minimum atomic E-state index is -0.991. The number of nitrogens with two attached hydrogens (primary N) is 1. The lowest BCUT2D eigenvalue weighted by Gasteiger charge is -2.11. The van der Waals surface area contributed by atoms with Gasteiger partial charge in [0.2, 0.25) is 0 Å². The monoisotopic (exact) mass is 360 g/mol. The second-order valence-electron chi connectivity index (χ2n) is 5.82. The van der Waals surface area contributed by atoms with Gasteiger partial charge in [-0.15, -0.1) is 11.3 Å². The second-order valence-corrected chi connectivity index (χ2v) is 6.73. The van der Waals surface area contributed by atoms with Gasteiger partial charge < -0.3 is 10.8 Å². The lowest BCUT2D eigenvalue weighted by atomic mass is 9.93. The zero-order valence-corrected chi connectivity index (χ0v) is 14.9. The molecule has 0 amide bonds. The zero-order chi connectivity index (χ0) is 18.7. The Bertz CT molecular complexity index is 1040. The number of thiophene rings is 1. The molecule has 0 aliphatic carbocycles. The van der Waals surface area contributed by atoms with Crippen LogP contribution in [0.15, 0.2) is 53.9 Å². The average molecular weight is 360 g/mol. The summed E-state index contributed by atoms with van der Waals surface area (Å²) in [5.74, 6) is -0.991. The lowest BCUT2D eigenvalue weighted by Crippen LogP contribution is -1.90. The van der Waals surface area contributed by atoms with E-state index in [4.69, 9.17) is 16.1 Å². The molecular formula is C21H16N2O2S. The fourth-order valence-electron chi connectivity index (χ4n) is 2.81. The highest BCUT2D eigenvalue weighted by molar-refractivity contribution is 7.12. The molecule has 5 heteroatoms. The Morgan fingerprint density at radius 1 is 1.19 bits per heavy atom. The SMILES string of the molecule is Cc1cc(C#N)ccc1-c1c(-c2ccc(N)cc2)csc1C=CC(=O)O. The maximum Gasteiger partial charge on any atom is 0.328 e. The summed E-state index contributed by atoms with van der Waals surface area (Å²) in [6.07, 6.45) is 2.75. The summed E-state index contributed by atoms with van der Waals surface area (Å²) in [7, 11) is 0. The van der Waals surface area contributed by atoms with Crippen molar-refractivity contribution in [3.05, 3.63) is 69.9 Å². The van der Waals surface area contributed by atoms with E-state index in [1.807, 2.05) is 48.7 Å². The first-order valence-corrected chi connectivity index (χ1v) is 8.77. The maximum absolute atomic E-state index is 11.0. The molecule has 3 rings (SSSR count). The van der Waals surface area contributed by atoms with Crippen molar-refractivity contribution in [2.45, 2.75) is 6.92 Å². The van der Waals surface area contributed by atoms with Crippen LogP contribution >= 0.6 is 11.3 Å².